The van der Waals surface area contributed by atoms with E-state index < -0.39 is 17.7 Å². The zero-order valence-corrected chi connectivity index (χ0v) is 18.2. The zero-order valence-electron chi connectivity index (χ0n) is 18.2. The van der Waals surface area contributed by atoms with Gasteiger partial charge >= 0.3 is 0 Å². The molecule has 6 heteroatoms. The molecular weight excluding hydrogens is 382 g/mol. The highest BCUT2D eigenvalue weighted by molar-refractivity contribution is 5.80. The van der Waals surface area contributed by atoms with E-state index in [1.54, 1.807) is 6.20 Å². The van der Waals surface area contributed by atoms with Gasteiger partial charge in [0.25, 0.3) is 0 Å². The molecule has 1 saturated carbocycles. The Balaban J connectivity index is 1.32. The Labute approximate surface area is 178 Å². The average molecular weight is 416 g/mol. The molecule has 0 unspecified atom stereocenters. The Morgan fingerprint density at radius 1 is 1.17 bits per heavy atom. The van der Waals surface area contributed by atoms with Gasteiger partial charge in [-0.3, -0.25) is 9.78 Å². The second-order valence-corrected chi connectivity index (χ2v) is 10.0. The number of carbonyl (C=O) groups is 1. The van der Waals surface area contributed by atoms with Gasteiger partial charge in [-0.05, 0) is 62.5 Å². The molecule has 2 bridgehead atoms. The van der Waals surface area contributed by atoms with Crippen LogP contribution in [-0.4, -0.2) is 34.5 Å². The fourth-order valence-electron chi connectivity index (χ4n) is 6.41. The molecule has 0 aromatic carbocycles. The van der Waals surface area contributed by atoms with Gasteiger partial charge in [-0.15, -0.1) is 0 Å². The van der Waals surface area contributed by atoms with Gasteiger partial charge in [-0.2, -0.15) is 0 Å². The molecule has 164 valence electrons. The summed E-state index contributed by atoms with van der Waals surface area (Å²) in [6.07, 6.45) is 7.00. The summed E-state index contributed by atoms with van der Waals surface area (Å²) in [4.78, 5) is 28.9. The van der Waals surface area contributed by atoms with Crippen molar-refractivity contribution in [3.8, 4) is 0 Å². The van der Waals surface area contributed by atoms with Crippen LogP contribution in [0.4, 0.5) is 0 Å². The van der Waals surface area contributed by atoms with Crippen LogP contribution in [0.1, 0.15) is 65.0 Å². The second-order valence-electron chi connectivity index (χ2n) is 10.0. The monoisotopic (exact) mass is 415 g/mol. The van der Waals surface area contributed by atoms with Gasteiger partial charge < -0.3 is 9.47 Å². The molecule has 1 aliphatic carbocycles. The van der Waals surface area contributed by atoms with Gasteiger partial charge in [0.15, 0.2) is 11.9 Å². The van der Waals surface area contributed by atoms with Gasteiger partial charge in [0.2, 0.25) is 5.79 Å². The summed E-state index contributed by atoms with van der Waals surface area (Å²) < 4.78 is 13.0. The van der Waals surface area contributed by atoms with Crippen molar-refractivity contribution < 1.29 is 24.0 Å². The first-order chi connectivity index (χ1) is 14.4. The van der Waals surface area contributed by atoms with E-state index in [1.165, 1.54) is 6.42 Å². The second kappa shape index (κ2) is 7.66. The van der Waals surface area contributed by atoms with Crippen LogP contribution in [0.2, 0.25) is 0 Å². The first-order valence-corrected chi connectivity index (χ1v) is 11.5. The lowest BCUT2D eigenvalue weighted by Gasteiger charge is -2.60. The number of Topliss-reactive ketones (excluding diaryl/α,β-unsaturated/α-hetero) is 1. The van der Waals surface area contributed by atoms with Crippen LogP contribution < -0.4 is 0 Å². The summed E-state index contributed by atoms with van der Waals surface area (Å²) in [5.74, 6) is 0.986. The molecule has 6 nitrogen and oxygen atoms in total. The Morgan fingerprint density at radius 2 is 2.03 bits per heavy atom. The number of hydrogen-bond acceptors (Lipinski definition) is 6. The van der Waals surface area contributed by atoms with Crippen molar-refractivity contribution >= 4 is 5.78 Å². The van der Waals surface area contributed by atoms with Crippen LogP contribution >= 0.6 is 0 Å². The van der Waals surface area contributed by atoms with Crippen molar-refractivity contribution in [1.29, 1.82) is 0 Å². The Morgan fingerprint density at radius 3 is 2.83 bits per heavy atom. The normalized spacial score (nSPS) is 44.9. The highest BCUT2D eigenvalue weighted by Gasteiger charge is 2.69. The minimum Gasteiger partial charge on any atom is -0.346 e. The summed E-state index contributed by atoms with van der Waals surface area (Å²) in [6.45, 7) is 6.52. The first kappa shape index (κ1) is 20.6. The number of hydrogen-bond donors (Lipinski definition) is 0. The molecule has 0 N–H and O–H groups in total. The summed E-state index contributed by atoms with van der Waals surface area (Å²) in [5.41, 5.74) is 0.299. The van der Waals surface area contributed by atoms with Crippen molar-refractivity contribution in [2.24, 2.45) is 23.7 Å². The minimum atomic E-state index is -0.753. The van der Waals surface area contributed by atoms with E-state index in [2.05, 4.69) is 18.8 Å². The van der Waals surface area contributed by atoms with E-state index in [4.69, 9.17) is 19.2 Å². The molecule has 4 saturated heterocycles. The molecule has 30 heavy (non-hydrogen) atoms. The van der Waals surface area contributed by atoms with Crippen LogP contribution in [0.3, 0.4) is 0 Å². The predicted octanol–water partition coefficient (Wildman–Crippen LogP) is 4.22. The number of carbonyl (C=O) groups excluding carboxylic acids is 1. The van der Waals surface area contributed by atoms with Crippen LogP contribution in [0.15, 0.2) is 24.4 Å². The van der Waals surface area contributed by atoms with Gasteiger partial charge in [-0.25, -0.2) is 9.78 Å². The van der Waals surface area contributed by atoms with Crippen LogP contribution in [0.25, 0.3) is 0 Å². The summed E-state index contributed by atoms with van der Waals surface area (Å²) >= 11 is 0. The van der Waals surface area contributed by atoms with E-state index in [0.717, 1.165) is 25.0 Å². The van der Waals surface area contributed by atoms with Crippen molar-refractivity contribution in [2.75, 3.05) is 0 Å². The number of nitrogens with zero attached hydrogens (tertiary/aromatic N) is 1. The minimum absolute atomic E-state index is 0.0149. The molecule has 1 aromatic heterocycles. The third-order valence-corrected chi connectivity index (χ3v) is 8.11. The fraction of sp³-hybridized carbons (Fsp3) is 0.750. The lowest BCUT2D eigenvalue weighted by molar-refractivity contribution is -0.571. The van der Waals surface area contributed by atoms with Gasteiger partial charge in [0, 0.05) is 37.1 Å². The molecule has 1 aromatic rings. The average Bonchev–Trinajstić information content (AvgIpc) is 2.96. The molecule has 0 radical (unpaired) electrons. The third-order valence-electron chi connectivity index (χ3n) is 8.11. The van der Waals surface area contributed by atoms with Crippen LogP contribution in [-0.2, 0) is 30.5 Å². The number of ether oxygens (including phenoxy) is 2. The number of fused-ring (bicyclic) bond motifs is 2. The molecular formula is C24H33NO5. The number of rotatable bonds is 5. The Kier molecular flexibility index (Phi) is 5.25. The van der Waals surface area contributed by atoms with Crippen molar-refractivity contribution in [1.82, 2.24) is 4.98 Å². The van der Waals surface area contributed by atoms with Crippen molar-refractivity contribution in [3.63, 3.8) is 0 Å². The van der Waals surface area contributed by atoms with Crippen LogP contribution in [0, 0.1) is 23.7 Å². The molecule has 4 aliphatic heterocycles. The zero-order chi connectivity index (χ0) is 20.9. The summed E-state index contributed by atoms with van der Waals surface area (Å²) in [7, 11) is 0. The highest BCUT2D eigenvalue weighted by Crippen LogP contribution is 2.60. The number of ketones is 1. The fourth-order valence-corrected chi connectivity index (χ4v) is 6.41. The standard InChI is InChI=1S/C24H33NO5/c1-15-7-9-20-16(2)21(10-8-18(26)14-17-6-4-5-13-25-17)27-22-24(20)19(15)11-12-23(3,28-22)29-30-24/h4-6,13,15-16,19-22H,7-12,14H2,1-3H3/t15-,16-,19+,20+,21-,22-,23+,24-/m1/s1. The highest BCUT2D eigenvalue weighted by atomic mass is 17.3. The lowest BCUT2D eigenvalue weighted by Crippen LogP contribution is -2.70. The van der Waals surface area contributed by atoms with Crippen molar-refractivity contribution in [3.05, 3.63) is 30.1 Å². The predicted molar refractivity (Wildman–Crippen MR) is 109 cm³/mol. The molecule has 5 heterocycles. The molecule has 5 fully saturated rings. The van der Waals surface area contributed by atoms with E-state index in [1.807, 2.05) is 25.1 Å². The summed E-state index contributed by atoms with van der Waals surface area (Å²) in [6, 6.07) is 5.69. The smallest absolute Gasteiger partial charge is 0.201 e. The maximum absolute atomic E-state index is 12.6. The van der Waals surface area contributed by atoms with Crippen LogP contribution in [0.5, 0.6) is 0 Å². The number of pyridine rings is 1. The molecule has 0 amide bonds. The molecule has 1 spiro atoms. The summed E-state index contributed by atoms with van der Waals surface area (Å²) in [5, 5.41) is 0. The molecule has 5 aliphatic rings. The first-order valence-electron chi connectivity index (χ1n) is 11.5. The van der Waals surface area contributed by atoms with E-state index in [-0.39, 0.29) is 17.8 Å². The molecule has 8 atom stereocenters. The maximum atomic E-state index is 12.6. The van der Waals surface area contributed by atoms with E-state index in [9.17, 15) is 4.79 Å². The number of aromatic nitrogens is 1. The topological polar surface area (TPSA) is 66.9 Å². The van der Waals surface area contributed by atoms with Gasteiger partial charge in [-0.1, -0.05) is 19.9 Å². The van der Waals surface area contributed by atoms with E-state index >= 15 is 0 Å². The maximum Gasteiger partial charge on any atom is 0.201 e. The van der Waals surface area contributed by atoms with E-state index in [0.29, 0.717) is 37.0 Å². The Hall–Kier alpha value is -1.34. The van der Waals surface area contributed by atoms with Gasteiger partial charge in [0.05, 0.1) is 6.10 Å². The third kappa shape index (κ3) is 3.32. The molecule has 6 rings (SSSR count). The van der Waals surface area contributed by atoms with Gasteiger partial charge in [0.1, 0.15) is 5.78 Å². The SMILES string of the molecule is C[C@H]1[C@@H](CCC(=O)Cc2ccccn2)O[C@@H]2O[C@]3(C)CC[C@H]4[C@H](C)CC[C@@H]1[C@@]24OO3. The quantitative estimate of drug-likeness (QED) is 0.671. The van der Waals surface area contributed by atoms with Crippen molar-refractivity contribution in [2.45, 2.75) is 89.5 Å². The lowest BCUT2D eigenvalue weighted by atomic mass is 9.57. The Bertz CT molecular complexity index is 787. The largest absolute Gasteiger partial charge is 0.346 e.